The van der Waals surface area contributed by atoms with Gasteiger partial charge >= 0.3 is 0 Å². The van der Waals surface area contributed by atoms with E-state index in [-0.39, 0.29) is 17.5 Å². The Labute approximate surface area is 107 Å². The minimum absolute atomic E-state index is 0.180. The van der Waals surface area contributed by atoms with Gasteiger partial charge in [-0.3, -0.25) is 14.3 Å². The number of hydrogen-bond donors (Lipinski definition) is 2. The second kappa shape index (κ2) is 6.78. The maximum Gasteiger partial charge on any atom is 0.272 e. The fourth-order valence-corrected chi connectivity index (χ4v) is 1.48. The van der Waals surface area contributed by atoms with Crippen molar-refractivity contribution in [3.8, 4) is 0 Å². The van der Waals surface area contributed by atoms with Gasteiger partial charge in [0, 0.05) is 26.3 Å². The van der Waals surface area contributed by atoms with Crippen LogP contribution >= 0.6 is 0 Å². The van der Waals surface area contributed by atoms with Gasteiger partial charge in [0.1, 0.15) is 0 Å². The van der Waals surface area contributed by atoms with Crippen molar-refractivity contribution in [3.05, 3.63) is 17.5 Å². The predicted molar refractivity (Wildman–Crippen MR) is 68.5 cm³/mol. The molecule has 1 aromatic rings. The third kappa shape index (κ3) is 3.58. The molecule has 0 unspecified atom stereocenters. The highest BCUT2D eigenvalue weighted by Crippen LogP contribution is 2.06. The van der Waals surface area contributed by atoms with Crippen LogP contribution in [0.2, 0.25) is 0 Å². The SMILES string of the molecule is CCCNC(=O)c1cn(C)nc1C(=O)NCCC. The normalized spacial score (nSPS) is 10.2. The summed E-state index contributed by atoms with van der Waals surface area (Å²) in [5, 5.41) is 9.50. The number of aromatic nitrogens is 2. The van der Waals surface area contributed by atoms with E-state index in [1.54, 1.807) is 13.2 Å². The van der Waals surface area contributed by atoms with Gasteiger partial charge in [0.15, 0.2) is 5.69 Å². The number of hydrogen-bond acceptors (Lipinski definition) is 3. The van der Waals surface area contributed by atoms with Gasteiger partial charge in [-0.15, -0.1) is 0 Å². The molecule has 1 aromatic heterocycles. The summed E-state index contributed by atoms with van der Waals surface area (Å²) in [4.78, 5) is 23.7. The maximum absolute atomic E-state index is 11.9. The van der Waals surface area contributed by atoms with Crippen LogP contribution in [-0.2, 0) is 7.05 Å². The highest BCUT2D eigenvalue weighted by atomic mass is 16.2. The molecule has 18 heavy (non-hydrogen) atoms. The molecular weight excluding hydrogens is 232 g/mol. The smallest absolute Gasteiger partial charge is 0.272 e. The van der Waals surface area contributed by atoms with Crippen LogP contribution in [-0.4, -0.2) is 34.7 Å². The van der Waals surface area contributed by atoms with Crippen LogP contribution in [0.15, 0.2) is 6.20 Å². The second-order valence-corrected chi connectivity index (χ2v) is 4.08. The van der Waals surface area contributed by atoms with Gasteiger partial charge in [-0.2, -0.15) is 5.10 Å². The Morgan fingerprint density at radius 1 is 1.17 bits per heavy atom. The molecule has 0 aromatic carbocycles. The highest BCUT2D eigenvalue weighted by molar-refractivity contribution is 6.05. The first-order valence-electron chi connectivity index (χ1n) is 6.20. The van der Waals surface area contributed by atoms with Gasteiger partial charge in [0.2, 0.25) is 0 Å². The van der Waals surface area contributed by atoms with E-state index in [9.17, 15) is 9.59 Å². The summed E-state index contributed by atoms with van der Waals surface area (Å²) in [5.74, 6) is -0.564. The molecule has 0 radical (unpaired) electrons. The molecule has 2 N–H and O–H groups in total. The summed E-state index contributed by atoms with van der Waals surface area (Å²) in [6.07, 6.45) is 3.26. The van der Waals surface area contributed by atoms with Gasteiger partial charge in [0.05, 0.1) is 5.56 Å². The summed E-state index contributed by atoms with van der Waals surface area (Å²) in [6, 6.07) is 0. The summed E-state index contributed by atoms with van der Waals surface area (Å²) in [6.45, 7) is 5.10. The van der Waals surface area contributed by atoms with E-state index in [0.717, 1.165) is 12.8 Å². The molecule has 0 spiro atoms. The summed E-state index contributed by atoms with van der Waals surface area (Å²) >= 11 is 0. The molecule has 1 rings (SSSR count). The first-order valence-corrected chi connectivity index (χ1v) is 6.20. The lowest BCUT2D eigenvalue weighted by molar-refractivity contribution is 0.0917. The van der Waals surface area contributed by atoms with Crippen LogP contribution < -0.4 is 10.6 Å². The van der Waals surface area contributed by atoms with E-state index < -0.39 is 0 Å². The van der Waals surface area contributed by atoms with Crippen molar-refractivity contribution in [2.75, 3.05) is 13.1 Å². The molecule has 1 heterocycles. The lowest BCUT2D eigenvalue weighted by atomic mass is 10.2. The topological polar surface area (TPSA) is 76.0 Å². The molecule has 0 bridgehead atoms. The fourth-order valence-electron chi connectivity index (χ4n) is 1.48. The minimum atomic E-state index is -0.306. The average Bonchev–Trinajstić information content (AvgIpc) is 2.75. The minimum Gasteiger partial charge on any atom is -0.352 e. The number of amides is 2. The molecule has 0 aliphatic rings. The number of nitrogens with zero attached hydrogens (tertiary/aromatic N) is 2. The van der Waals surface area contributed by atoms with Gasteiger partial charge in [0.25, 0.3) is 11.8 Å². The molecule has 0 saturated carbocycles. The molecule has 2 amide bonds. The van der Waals surface area contributed by atoms with Crippen molar-refractivity contribution < 1.29 is 9.59 Å². The predicted octanol–water partition coefficient (Wildman–Crippen LogP) is 0.700. The summed E-state index contributed by atoms with van der Waals surface area (Å²) in [5.41, 5.74) is 0.499. The van der Waals surface area contributed by atoms with Crippen molar-refractivity contribution in [1.82, 2.24) is 20.4 Å². The Bertz CT molecular complexity index is 388. The van der Waals surface area contributed by atoms with Gasteiger partial charge in [-0.1, -0.05) is 13.8 Å². The van der Waals surface area contributed by atoms with Crippen molar-refractivity contribution in [1.29, 1.82) is 0 Å². The Morgan fingerprint density at radius 2 is 1.72 bits per heavy atom. The van der Waals surface area contributed by atoms with E-state index >= 15 is 0 Å². The third-order valence-electron chi connectivity index (χ3n) is 2.36. The van der Waals surface area contributed by atoms with Crippen LogP contribution in [0.1, 0.15) is 47.5 Å². The van der Waals surface area contributed by atoms with Gasteiger partial charge in [-0.25, -0.2) is 0 Å². The quantitative estimate of drug-likeness (QED) is 0.782. The molecule has 100 valence electrons. The molecule has 6 nitrogen and oxygen atoms in total. The van der Waals surface area contributed by atoms with E-state index in [0.29, 0.717) is 18.7 Å². The van der Waals surface area contributed by atoms with Crippen molar-refractivity contribution in [2.24, 2.45) is 7.05 Å². The Morgan fingerprint density at radius 3 is 2.28 bits per heavy atom. The summed E-state index contributed by atoms with van der Waals surface area (Å²) in [7, 11) is 1.69. The molecule has 0 atom stereocenters. The van der Waals surface area contributed by atoms with Crippen molar-refractivity contribution in [2.45, 2.75) is 26.7 Å². The number of carbonyl (C=O) groups is 2. The zero-order valence-corrected chi connectivity index (χ0v) is 11.1. The zero-order chi connectivity index (χ0) is 13.5. The maximum atomic E-state index is 11.9. The van der Waals surface area contributed by atoms with E-state index in [4.69, 9.17) is 0 Å². The number of carbonyl (C=O) groups excluding carboxylic acids is 2. The highest BCUT2D eigenvalue weighted by Gasteiger charge is 2.20. The lowest BCUT2D eigenvalue weighted by Gasteiger charge is -2.04. The molecule has 0 aliphatic carbocycles. The van der Waals surface area contributed by atoms with Crippen molar-refractivity contribution >= 4 is 11.8 Å². The number of aryl methyl sites for hydroxylation is 1. The van der Waals surface area contributed by atoms with Crippen LogP contribution in [0, 0.1) is 0 Å². The molecule has 0 fully saturated rings. The Hall–Kier alpha value is -1.85. The van der Waals surface area contributed by atoms with Crippen LogP contribution in [0.4, 0.5) is 0 Å². The van der Waals surface area contributed by atoms with E-state index in [1.165, 1.54) is 4.68 Å². The Kier molecular flexibility index (Phi) is 5.35. The average molecular weight is 252 g/mol. The first-order chi connectivity index (χ1) is 8.60. The molecular formula is C12H20N4O2. The van der Waals surface area contributed by atoms with E-state index in [1.807, 2.05) is 13.8 Å². The third-order valence-corrected chi connectivity index (χ3v) is 2.36. The second-order valence-electron chi connectivity index (χ2n) is 4.08. The first kappa shape index (κ1) is 14.2. The molecule has 0 saturated heterocycles. The Balaban J connectivity index is 2.84. The standard InChI is InChI=1S/C12H20N4O2/c1-4-6-13-11(17)9-8-16(3)15-10(9)12(18)14-7-5-2/h8H,4-7H2,1-3H3,(H,13,17)(H,14,18). The largest absolute Gasteiger partial charge is 0.352 e. The van der Waals surface area contributed by atoms with Gasteiger partial charge in [-0.05, 0) is 12.8 Å². The van der Waals surface area contributed by atoms with Crippen molar-refractivity contribution in [3.63, 3.8) is 0 Å². The zero-order valence-electron chi connectivity index (χ0n) is 11.1. The van der Waals surface area contributed by atoms with E-state index in [2.05, 4.69) is 15.7 Å². The fraction of sp³-hybridized carbons (Fsp3) is 0.583. The monoisotopic (exact) mass is 252 g/mol. The number of nitrogens with one attached hydrogen (secondary N) is 2. The lowest BCUT2D eigenvalue weighted by Crippen LogP contribution is -2.29. The summed E-state index contributed by atoms with van der Waals surface area (Å²) < 4.78 is 1.47. The van der Waals surface area contributed by atoms with Gasteiger partial charge < -0.3 is 10.6 Å². The number of rotatable bonds is 6. The van der Waals surface area contributed by atoms with Crippen LogP contribution in [0.5, 0.6) is 0 Å². The van der Waals surface area contributed by atoms with Crippen LogP contribution in [0.25, 0.3) is 0 Å². The molecule has 6 heteroatoms. The van der Waals surface area contributed by atoms with Crippen LogP contribution in [0.3, 0.4) is 0 Å². The molecule has 0 aliphatic heterocycles.